The number of imidazole rings is 1. The predicted molar refractivity (Wildman–Crippen MR) is 54.2 cm³/mol. The Morgan fingerprint density at radius 3 is 1.64 bits per heavy atom. The Balaban J connectivity index is 3.08. The molecule has 0 spiro atoms. The zero-order chi connectivity index (χ0) is 10.5. The molecule has 1 aromatic heterocycles. The number of nitrogens with one attached hydrogen (secondary N) is 2. The second-order valence-electron chi connectivity index (χ2n) is 2.59. The van der Waals surface area contributed by atoms with E-state index in [0.717, 1.165) is 0 Å². The quantitative estimate of drug-likeness (QED) is 0.567. The van der Waals surface area contributed by atoms with Crippen molar-refractivity contribution in [3.05, 3.63) is 31.1 Å². The van der Waals surface area contributed by atoms with Crippen LogP contribution in [0.3, 0.4) is 0 Å². The van der Waals surface area contributed by atoms with Gasteiger partial charge in [-0.05, 0) is 31.9 Å². The van der Waals surface area contributed by atoms with Crippen LogP contribution < -0.4 is 5.69 Å². The van der Waals surface area contributed by atoms with E-state index in [-0.39, 0.29) is 20.0 Å². The normalized spacial score (nSPS) is 11.1. The summed E-state index contributed by atoms with van der Waals surface area (Å²) in [5.74, 6) is -2.08. The van der Waals surface area contributed by atoms with Gasteiger partial charge in [-0.1, -0.05) is 0 Å². The third kappa shape index (κ3) is 1.23. The number of rotatable bonds is 0. The topological polar surface area (TPSA) is 48.6 Å². The van der Waals surface area contributed by atoms with Crippen LogP contribution in [0.4, 0.5) is 8.78 Å². The molecule has 7 heteroatoms. The first-order chi connectivity index (χ1) is 6.52. The fourth-order valence-corrected chi connectivity index (χ4v) is 2.07. The van der Waals surface area contributed by atoms with Crippen molar-refractivity contribution in [1.29, 1.82) is 0 Å². The summed E-state index contributed by atoms with van der Waals surface area (Å²) < 4.78 is 26.1. The lowest BCUT2D eigenvalue weighted by molar-refractivity contribution is 0.502. The van der Waals surface area contributed by atoms with Gasteiger partial charge < -0.3 is 9.97 Å². The van der Waals surface area contributed by atoms with Crippen LogP contribution in [0.15, 0.2) is 13.7 Å². The highest BCUT2D eigenvalue weighted by Crippen LogP contribution is 2.32. The summed E-state index contributed by atoms with van der Waals surface area (Å²) in [6.45, 7) is 0. The Labute approximate surface area is 92.8 Å². The van der Waals surface area contributed by atoms with E-state index in [1.165, 1.54) is 0 Å². The lowest BCUT2D eigenvalue weighted by Crippen LogP contribution is -1.99. The molecular weight excluding hydrogens is 326 g/mol. The Kier molecular flexibility index (Phi) is 2.23. The van der Waals surface area contributed by atoms with Crippen molar-refractivity contribution in [1.82, 2.24) is 9.97 Å². The molecule has 0 saturated heterocycles. The van der Waals surface area contributed by atoms with Crippen molar-refractivity contribution in [3.8, 4) is 0 Å². The fourth-order valence-electron chi connectivity index (χ4n) is 1.12. The van der Waals surface area contributed by atoms with E-state index in [9.17, 15) is 13.6 Å². The number of fused-ring (bicyclic) bond motifs is 1. The molecule has 0 aliphatic carbocycles. The Hall–Kier alpha value is -0.690. The van der Waals surface area contributed by atoms with Gasteiger partial charge in [-0.25, -0.2) is 13.6 Å². The third-order valence-electron chi connectivity index (χ3n) is 1.74. The zero-order valence-corrected chi connectivity index (χ0v) is 9.59. The standard InChI is InChI=1S/C7H2Br2F2N2O/c8-1-3(10)4(11)2(9)6-5(1)12-7(14)13-6/h(H2,12,13,14). The summed E-state index contributed by atoms with van der Waals surface area (Å²) in [5.41, 5.74) is -0.132. The Morgan fingerprint density at radius 2 is 1.29 bits per heavy atom. The molecule has 0 atom stereocenters. The maximum atomic E-state index is 13.1. The first-order valence-electron chi connectivity index (χ1n) is 3.46. The van der Waals surface area contributed by atoms with Crippen LogP contribution >= 0.6 is 31.9 Å². The van der Waals surface area contributed by atoms with Gasteiger partial charge in [0.25, 0.3) is 0 Å². The molecule has 0 amide bonds. The van der Waals surface area contributed by atoms with E-state index in [4.69, 9.17) is 0 Å². The molecule has 0 saturated carbocycles. The minimum absolute atomic E-state index is 0.105. The number of hydrogen-bond donors (Lipinski definition) is 2. The number of H-pyrrole nitrogens is 2. The van der Waals surface area contributed by atoms with Gasteiger partial charge in [-0.2, -0.15) is 0 Å². The minimum atomic E-state index is -1.04. The number of hydrogen-bond acceptors (Lipinski definition) is 1. The average molecular weight is 328 g/mol. The highest BCUT2D eigenvalue weighted by molar-refractivity contribution is 9.11. The van der Waals surface area contributed by atoms with Crippen LogP contribution in [-0.4, -0.2) is 9.97 Å². The molecule has 0 unspecified atom stereocenters. The van der Waals surface area contributed by atoms with Crippen LogP contribution in [0.2, 0.25) is 0 Å². The van der Waals surface area contributed by atoms with Crippen molar-refractivity contribution >= 4 is 42.9 Å². The fraction of sp³-hybridized carbons (Fsp3) is 0. The monoisotopic (exact) mass is 326 g/mol. The summed E-state index contributed by atoms with van der Waals surface area (Å²) in [6.07, 6.45) is 0. The van der Waals surface area contributed by atoms with Gasteiger partial charge in [0.2, 0.25) is 0 Å². The van der Waals surface area contributed by atoms with Crippen molar-refractivity contribution in [3.63, 3.8) is 0 Å². The van der Waals surface area contributed by atoms with Crippen LogP contribution in [0.1, 0.15) is 0 Å². The SMILES string of the molecule is O=c1[nH]c2c(Br)c(F)c(F)c(Br)c2[nH]1. The van der Waals surface area contributed by atoms with Crippen molar-refractivity contribution < 1.29 is 8.78 Å². The van der Waals surface area contributed by atoms with E-state index in [0.29, 0.717) is 0 Å². The lowest BCUT2D eigenvalue weighted by atomic mass is 10.3. The molecule has 0 aliphatic heterocycles. The van der Waals surface area contributed by atoms with Gasteiger partial charge in [0, 0.05) is 0 Å². The van der Waals surface area contributed by atoms with Crippen molar-refractivity contribution in [2.45, 2.75) is 0 Å². The smallest absolute Gasteiger partial charge is 0.305 e. The Bertz CT molecular complexity index is 527. The Morgan fingerprint density at radius 1 is 0.929 bits per heavy atom. The molecule has 1 heterocycles. The first kappa shape index (κ1) is 9.85. The average Bonchev–Trinajstić information content (AvgIpc) is 2.54. The van der Waals surface area contributed by atoms with Gasteiger partial charge in [0.05, 0.1) is 20.0 Å². The summed E-state index contributed by atoms with van der Waals surface area (Å²) >= 11 is 5.71. The van der Waals surface area contributed by atoms with Gasteiger partial charge >= 0.3 is 5.69 Å². The number of halogens is 4. The molecule has 2 N–H and O–H groups in total. The summed E-state index contributed by atoms with van der Waals surface area (Å²) in [7, 11) is 0. The van der Waals surface area contributed by atoms with E-state index in [1.807, 2.05) is 0 Å². The molecule has 2 aromatic rings. The highest BCUT2D eigenvalue weighted by Gasteiger charge is 2.18. The predicted octanol–water partition coefficient (Wildman–Crippen LogP) is 2.66. The maximum Gasteiger partial charge on any atom is 0.323 e. The van der Waals surface area contributed by atoms with E-state index < -0.39 is 17.3 Å². The second kappa shape index (κ2) is 3.16. The summed E-state index contributed by atoms with van der Waals surface area (Å²) in [6, 6.07) is 0. The molecule has 0 fully saturated rings. The van der Waals surface area contributed by atoms with Crippen LogP contribution in [0, 0.1) is 11.6 Å². The van der Waals surface area contributed by atoms with Gasteiger partial charge in [-0.3, -0.25) is 0 Å². The molecule has 14 heavy (non-hydrogen) atoms. The number of aromatic amines is 2. The molecule has 0 aliphatic rings. The number of aromatic nitrogens is 2. The maximum absolute atomic E-state index is 13.1. The molecule has 1 aromatic carbocycles. The van der Waals surface area contributed by atoms with Crippen molar-refractivity contribution in [2.75, 3.05) is 0 Å². The second-order valence-corrected chi connectivity index (χ2v) is 4.17. The van der Waals surface area contributed by atoms with Gasteiger partial charge in [0.15, 0.2) is 11.6 Å². The molecule has 3 nitrogen and oxygen atoms in total. The molecule has 74 valence electrons. The largest absolute Gasteiger partial charge is 0.323 e. The van der Waals surface area contributed by atoms with E-state index in [2.05, 4.69) is 41.8 Å². The summed E-state index contributed by atoms with van der Waals surface area (Å²) in [5, 5.41) is 0. The minimum Gasteiger partial charge on any atom is -0.305 e. The van der Waals surface area contributed by atoms with E-state index in [1.54, 1.807) is 0 Å². The molecular formula is C7H2Br2F2N2O. The third-order valence-corrected chi connectivity index (χ3v) is 3.23. The van der Waals surface area contributed by atoms with E-state index >= 15 is 0 Å². The van der Waals surface area contributed by atoms with Crippen LogP contribution in [-0.2, 0) is 0 Å². The number of benzene rings is 1. The van der Waals surface area contributed by atoms with Crippen LogP contribution in [0.25, 0.3) is 11.0 Å². The molecule has 0 bridgehead atoms. The van der Waals surface area contributed by atoms with Crippen molar-refractivity contribution in [2.24, 2.45) is 0 Å². The first-order valence-corrected chi connectivity index (χ1v) is 5.05. The lowest BCUT2D eigenvalue weighted by Gasteiger charge is -2.00. The van der Waals surface area contributed by atoms with Gasteiger partial charge in [-0.15, -0.1) is 0 Å². The molecule has 2 rings (SSSR count). The summed E-state index contributed by atoms with van der Waals surface area (Å²) in [4.78, 5) is 15.6. The van der Waals surface area contributed by atoms with Crippen LogP contribution in [0.5, 0.6) is 0 Å². The van der Waals surface area contributed by atoms with Gasteiger partial charge in [0.1, 0.15) is 0 Å². The highest BCUT2D eigenvalue weighted by atomic mass is 79.9. The molecule has 0 radical (unpaired) electrons. The zero-order valence-electron chi connectivity index (χ0n) is 6.42.